The van der Waals surface area contributed by atoms with Crippen LogP contribution in [0.1, 0.15) is 25.8 Å². The van der Waals surface area contributed by atoms with Crippen LogP contribution in [-0.2, 0) is 6.42 Å². The second-order valence-corrected chi connectivity index (χ2v) is 6.86. The zero-order chi connectivity index (χ0) is 14.2. The second-order valence-electron chi connectivity index (χ2n) is 6.86. The van der Waals surface area contributed by atoms with Crippen molar-refractivity contribution in [1.29, 1.82) is 0 Å². The lowest BCUT2D eigenvalue weighted by atomic mass is 9.88. The van der Waals surface area contributed by atoms with E-state index in [0.717, 1.165) is 31.8 Å². The van der Waals surface area contributed by atoms with Crippen LogP contribution < -0.4 is 10.1 Å². The molecule has 3 rings (SSSR count). The Morgan fingerprint density at radius 2 is 2.25 bits per heavy atom. The van der Waals surface area contributed by atoms with Crippen LogP contribution in [0.15, 0.2) is 24.3 Å². The van der Waals surface area contributed by atoms with Crippen molar-refractivity contribution in [2.75, 3.05) is 26.7 Å². The number of nitrogens with one attached hydrogen (secondary N) is 1. The van der Waals surface area contributed by atoms with E-state index >= 15 is 0 Å². The van der Waals surface area contributed by atoms with Gasteiger partial charge in [-0.15, -0.1) is 0 Å². The fourth-order valence-electron chi connectivity index (χ4n) is 3.51. The minimum absolute atomic E-state index is 0.287. The molecule has 0 spiro atoms. The molecule has 3 atom stereocenters. The lowest BCUT2D eigenvalue weighted by Gasteiger charge is -2.35. The fraction of sp³-hybridized carbons (Fsp3) is 0.647. The molecule has 3 nitrogen and oxygen atoms in total. The molecule has 0 aliphatic carbocycles. The van der Waals surface area contributed by atoms with Gasteiger partial charge in [-0.3, -0.25) is 4.90 Å². The van der Waals surface area contributed by atoms with Gasteiger partial charge in [0.15, 0.2) is 0 Å². The summed E-state index contributed by atoms with van der Waals surface area (Å²) in [6.45, 7) is 8.11. The molecule has 0 bridgehead atoms. The first-order valence-corrected chi connectivity index (χ1v) is 7.73. The minimum atomic E-state index is 0.287. The van der Waals surface area contributed by atoms with Gasteiger partial charge in [-0.25, -0.2) is 0 Å². The van der Waals surface area contributed by atoms with Crippen LogP contribution in [0.4, 0.5) is 0 Å². The standard InChI is InChI=1S/C17H26N2O/c1-13(19(3)12-17(2)8-9-18-11-17)16-10-14-6-4-5-7-15(14)20-16/h4-7,13,16,18H,8-12H2,1-3H3. The predicted molar refractivity (Wildman–Crippen MR) is 82.2 cm³/mol. The van der Waals surface area contributed by atoms with Crippen LogP contribution >= 0.6 is 0 Å². The lowest BCUT2D eigenvalue weighted by molar-refractivity contribution is 0.0818. The maximum absolute atomic E-state index is 6.13. The van der Waals surface area contributed by atoms with Gasteiger partial charge in [-0.1, -0.05) is 25.1 Å². The van der Waals surface area contributed by atoms with Gasteiger partial charge in [0.05, 0.1) is 0 Å². The van der Waals surface area contributed by atoms with Crippen LogP contribution in [0, 0.1) is 5.41 Å². The number of para-hydroxylation sites is 1. The van der Waals surface area contributed by atoms with Crippen molar-refractivity contribution in [2.45, 2.75) is 38.8 Å². The molecule has 1 aromatic rings. The molecule has 2 heterocycles. The van der Waals surface area contributed by atoms with Gasteiger partial charge in [0.2, 0.25) is 0 Å². The average Bonchev–Trinajstić information content (AvgIpc) is 3.03. The molecule has 0 amide bonds. The molecule has 0 radical (unpaired) electrons. The van der Waals surface area contributed by atoms with Crippen LogP contribution in [0.25, 0.3) is 0 Å². The van der Waals surface area contributed by atoms with Crippen molar-refractivity contribution in [2.24, 2.45) is 5.41 Å². The van der Waals surface area contributed by atoms with E-state index in [1.807, 2.05) is 0 Å². The highest BCUT2D eigenvalue weighted by Crippen LogP contribution is 2.32. The lowest BCUT2D eigenvalue weighted by Crippen LogP contribution is -2.46. The van der Waals surface area contributed by atoms with Gasteiger partial charge in [0, 0.05) is 25.6 Å². The zero-order valence-electron chi connectivity index (χ0n) is 12.9. The van der Waals surface area contributed by atoms with E-state index in [4.69, 9.17) is 4.74 Å². The number of nitrogens with zero attached hydrogens (tertiary/aromatic N) is 1. The largest absolute Gasteiger partial charge is 0.488 e. The van der Waals surface area contributed by atoms with Gasteiger partial charge >= 0.3 is 0 Å². The normalized spacial score (nSPS) is 30.3. The van der Waals surface area contributed by atoms with Crippen molar-refractivity contribution in [1.82, 2.24) is 10.2 Å². The molecule has 3 heteroatoms. The molecule has 1 fully saturated rings. The Morgan fingerprint density at radius 3 is 2.95 bits per heavy atom. The van der Waals surface area contributed by atoms with Gasteiger partial charge in [0.25, 0.3) is 0 Å². The van der Waals surface area contributed by atoms with E-state index in [1.165, 1.54) is 12.0 Å². The van der Waals surface area contributed by atoms with Crippen molar-refractivity contribution >= 4 is 0 Å². The predicted octanol–water partition coefficient (Wildman–Crippen LogP) is 2.31. The number of likely N-dealkylation sites (N-methyl/N-ethyl adjacent to an activating group) is 1. The van der Waals surface area contributed by atoms with Gasteiger partial charge in [0.1, 0.15) is 11.9 Å². The monoisotopic (exact) mass is 274 g/mol. The number of hydrogen-bond acceptors (Lipinski definition) is 3. The summed E-state index contributed by atoms with van der Waals surface area (Å²) in [6, 6.07) is 8.87. The second kappa shape index (κ2) is 5.38. The summed E-state index contributed by atoms with van der Waals surface area (Å²) in [6.07, 6.45) is 2.60. The highest BCUT2D eigenvalue weighted by molar-refractivity contribution is 5.37. The van der Waals surface area contributed by atoms with E-state index in [-0.39, 0.29) is 6.10 Å². The Hall–Kier alpha value is -1.06. The molecule has 1 saturated heterocycles. The van der Waals surface area contributed by atoms with Crippen LogP contribution in [0.2, 0.25) is 0 Å². The van der Waals surface area contributed by atoms with Crippen LogP contribution in [0.5, 0.6) is 5.75 Å². The molecular weight excluding hydrogens is 248 g/mol. The molecule has 0 saturated carbocycles. The molecule has 0 aromatic heterocycles. The Balaban J connectivity index is 1.61. The molecule has 2 aliphatic heterocycles. The van der Waals surface area contributed by atoms with E-state index < -0.39 is 0 Å². The topological polar surface area (TPSA) is 24.5 Å². The summed E-state index contributed by atoms with van der Waals surface area (Å²) in [7, 11) is 2.24. The fourth-order valence-corrected chi connectivity index (χ4v) is 3.51. The molecule has 20 heavy (non-hydrogen) atoms. The molecule has 2 aliphatic rings. The summed E-state index contributed by atoms with van der Waals surface area (Å²) >= 11 is 0. The molecular formula is C17H26N2O. The van der Waals surface area contributed by atoms with Crippen LogP contribution in [0.3, 0.4) is 0 Å². The Labute approximate surface area is 122 Å². The summed E-state index contributed by atoms with van der Waals surface area (Å²) in [5, 5.41) is 3.48. The minimum Gasteiger partial charge on any atom is -0.488 e. The van der Waals surface area contributed by atoms with E-state index in [1.54, 1.807) is 0 Å². The van der Waals surface area contributed by atoms with Gasteiger partial charge in [-0.05, 0) is 44.0 Å². The number of benzene rings is 1. The van der Waals surface area contributed by atoms with E-state index in [9.17, 15) is 0 Å². The molecule has 1 aromatic carbocycles. The molecule has 1 N–H and O–H groups in total. The summed E-state index contributed by atoms with van der Waals surface area (Å²) in [5.41, 5.74) is 1.76. The van der Waals surface area contributed by atoms with Crippen LogP contribution in [-0.4, -0.2) is 43.7 Å². The Bertz CT molecular complexity index is 443. The average molecular weight is 274 g/mol. The first-order valence-electron chi connectivity index (χ1n) is 7.73. The first kappa shape index (κ1) is 13.9. The SMILES string of the molecule is CC(C1Cc2ccccc2O1)N(C)CC1(C)CCNC1. The van der Waals surface area contributed by atoms with Crippen molar-refractivity contribution in [3.05, 3.63) is 29.8 Å². The molecule has 110 valence electrons. The number of ether oxygens (including phenoxy) is 1. The highest BCUT2D eigenvalue weighted by atomic mass is 16.5. The quantitative estimate of drug-likeness (QED) is 0.912. The number of rotatable bonds is 4. The van der Waals surface area contributed by atoms with E-state index in [0.29, 0.717) is 11.5 Å². The maximum atomic E-state index is 6.13. The Morgan fingerprint density at radius 1 is 1.45 bits per heavy atom. The summed E-state index contributed by atoms with van der Waals surface area (Å²) in [5.74, 6) is 1.08. The highest BCUT2D eigenvalue weighted by Gasteiger charge is 2.35. The third-order valence-corrected chi connectivity index (χ3v) is 4.99. The zero-order valence-corrected chi connectivity index (χ0v) is 12.9. The molecule has 3 unspecified atom stereocenters. The van der Waals surface area contributed by atoms with E-state index in [2.05, 4.69) is 55.4 Å². The van der Waals surface area contributed by atoms with Crippen molar-refractivity contribution in [3.8, 4) is 5.75 Å². The smallest absolute Gasteiger partial charge is 0.123 e. The maximum Gasteiger partial charge on any atom is 0.123 e. The van der Waals surface area contributed by atoms with Crippen molar-refractivity contribution < 1.29 is 4.74 Å². The first-order chi connectivity index (χ1) is 9.57. The van der Waals surface area contributed by atoms with Crippen molar-refractivity contribution in [3.63, 3.8) is 0 Å². The van der Waals surface area contributed by atoms with Gasteiger partial charge < -0.3 is 10.1 Å². The Kier molecular flexibility index (Phi) is 3.74. The summed E-state index contributed by atoms with van der Waals surface area (Å²) in [4.78, 5) is 2.48. The number of fused-ring (bicyclic) bond motifs is 1. The number of hydrogen-bond donors (Lipinski definition) is 1. The summed E-state index contributed by atoms with van der Waals surface area (Å²) < 4.78 is 6.13. The van der Waals surface area contributed by atoms with Gasteiger partial charge in [-0.2, -0.15) is 0 Å². The third-order valence-electron chi connectivity index (χ3n) is 4.99. The third kappa shape index (κ3) is 2.70.